The van der Waals surface area contributed by atoms with Crippen LogP contribution in [0.3, 0.4) is 0 Å². The van der Waals surface area contributed by atoms with Gasteiger partial charge in [-0.1, -0.05) is 0 Å². The van der Waals surface area contributed by atoms with Gasteiger partial charge in [0.05, 0.1) is 0 Å². The Morgan fingerprint density at radius 1 is 1.24 bits per heavy atom. The van der Waals surface area contributed by atoms with Crippen molar-refractivity contribution in [2.45, 2.75) is 24.9 Å². The number of rotatable bonds is 2. The smallest absolute Gasteiger partial charge is 0.317 e. The van der Waals surface area contributed by atoms with Crippen molar-refractivity contribution in [1.82, 2.24) is 20.0 Å². The molecule has 0 aromatic heterocycles. The van der Waals surface area contributed by atoms with Crippen molar-refractivity contribution < 1.29 is 4.79 Å². The van der Waals surface area contributed by atoms with Crippen LogP contribution in [0.25, 0.3) is 0 Å². The Balaban J connectivity index is 1.77. The fourth-order valence-electron chi connectivity index (χ4n) is 2.67. The van der Waals surface area contributed by atoms with E-state index in [9.17, 15) is 4.79 Å². The van der Waals surface area contributed by atoms with E-state index in [4.69, 9.17) is 0 Å². The van der Waals surface area contributed by atoms with E-state index in [-0.39, 0.29) is 6.03 Å². The zero-order valence-electron chi connectivity index (χ0n) is 11.1. The van der Waals surface area contributed by atoms with Gasteiger partial charge >= 0.3 is 6.03 Å². The summed E-state index contributed by atoms with van der Waals surface area (Å²) in [6.45, 7) is 3.82. The van der Waals surface area contributed by atoms with Crippen LogP contribution in [0.1, 0.15) is 12.8 Å². The quantitative estimate of drug-likeness (QED) is 0.740. The Morgan fingerprint density at radius 2 is 2.00 bits per heavy atom. The first-order valence-electron chi connectivity index (χ1n) is 6.46. The van der Waals surface area contributed by atoms with E-state index in [2.05, 4.69) is 36.3 Å². The molecule has 0 aliphatic carbocycles. The molecule has 5 nitrogen and oxygen atoms in total. The highest BCUT2D eigenvalue weighted by Gasteiger charge is 2.29. The van der Waals surface area contributed by atoms with Gasteiger partial charge in [-0.15, -0.1) is 0 Å². The predicted octanol–water partition coefficient (Wildman–Crippen LogP) is 0.0360. The number of carbonyl (C=O) groups excluding carboxylic acids is 1. The summed E-state index contributed by atoms with van der Waals surface area (Å²) in [7, 11) is 6.26. The lowest BCUT2D eigenvalue weighted by atomic mass is 10.2. The van der Waals surface area contributed by atoms with Crippen LogP contribution in [0.4, 0.5) is 4.79 Å². The third-order valence-corrected chi connectivity index (χ3v) is 3.90. The van der Waals surface area contributed by atoms with Crippen molar-refractivity contribution in [3.8, 4) is 0 Å². The van der Waals surface area contributed by atoms with Gasteiger partial charge in [0.25, 0.3) is 0 Å². The summed E-state index contributed by atoms with van der Waals surface area (Å²) < 4.78 is 0. The molecule has 0 saturated carbocycles. The summed E-state index contributed by atoms with van der Waals surface area (Å²) in [5, 5.41) is 3.14. The number of carbonyl (C=O) groups is 1. The van der Waals surface area contributed by atoms with Gasteiger partial charge in [-0.3, -0.25) is 0 Å². The van der Waals surface area contributed by atoms with Crippen LogP contribution in [0.5, 0.6) is 0 Å². The van der Waals surface area contributed by atoms with Crippen LogP contribution in [0.15, 0.2) is 0 Å². The first-order chi connectivity index (χ1) is 8.06. The minimum atomic E-state index is 0.120. The monoisotopic (exact) mass is 240 g/mol. The van der Waals surface area contributed by atoms with Crippen molar-refractivity contribution >= 4 is 6.03 Å². The molecular weight excluding hydrogens is 216 g/mol. The maximum absolute atomic E-state index is 12.1. The molecule has 5 heteroatoms. The molecule has 0 radical (unpaired) electrons. The summed E-state index contributed by atoms with van der Waals surface area (Å²) in [5.41, 5.74) is 0. The topological polar surface area (TPSA) is 38.8 Å². The standard InChI is InChI=1S/C12H24N4O/c1-14(2)11-5-7-16(9-11)12(17)13-10-4-6-15(3)8-10/h10-11H,4-9H2,1-3H3,(H,13,17)/t10-,11-/m1/s1. The number of likely N-dealkylation sites (N-methyl/N-ethyl adjacent to an activating group) is 2. The van der Waals surface area contributed by atoms with E-state index in [0.29, 0.717) is 12.1 Å². The van der Waals surface area contributed by atoms with Gasteiger partial charge in [-0.2, -0.15) is 0 Å². The molecule has 0 aromatic rings. The molecule has 0 aromatic carbocycles. The summed E-state index contributed by atoms with van der Waals surface area (Å²) in [5.74, 6) is 0. The normalized spacial score (nSPS) is 30.2. The summed E-state index contributed by atoms with van der Waals surface area (Å²) >= 11 is 0. The molecule has 1 N–H and O–H groups in total. The second-order valence-electron chi connectivity index (χ2n) is 5.55. The van der Waals surface area contributed by atoms with Gasteiger partial charge in [-0.25, -0.2) is 4.79 Å². The molecule has 98 valence electrons. The van der Waals surface area contributed by atoms with Gasteiger partial charge in [0.1, 0.15) is 0 Å². The number of amides is 2. The highest BCUT2D eigenvalue weighted by atomic mass is 16.2. The first kappa shape index (κ1) is 12.6. The van der Waals surface area contributed by atoms with E-state index < -0.39 is 0 Å². The third kappa shape index (κ3) is 3.10. The molecule has 2 aliphatic rings. The van der Waals surface area contributed by atoms with Gasteiger partial charge in [0.2, 0.25) is 0 Å². The lowest BCUT2D eigenvalue weighted by Gasteiger charge is -2.22. The predicted molar refractivity (Wildman–Crippen MR) is 68.1 cm³/mol. The Bertz CT molecular complexity index is 282. The zero-order valence-corrected chi connectivity index (χ0v) is 11.1. The molecule has 2 rings (SSSR count). The largest absolute Gasteiger partial charge is 0.334 e. The molecule has 17 heavy (non-hydrogen) atoms. The van der Waals surface area contributed by atoms with Crippen LogP contribution in [-0.2, 0) is 0 Å². The highest BCUT2D eigenvalue weighted by molar-refractivity contribution is 5.75. The molecule has 2 saturated heterocycles. The van der Waals surface area contributed by atoms with Crippen LogP contribution >= 0.6 is 0 Å². The zero-order chi connectivity index (χ0) is 12.4. The number of nitrogens with one attached hydrogen (secondary N) is 1. The van der Waals surface area contributed by atoms with Gasteiger partial charge < -0.3 is 20.0 Å². The fraction of sp³-hybridized carbons (Fsp3) is 0.917. The lowest BCUT2D eigenvalue weighted by molar-refractivity contribution is 0.199. The highest BCUT2D eigenvalue weighted by Crippen LogP contribution is 2.14. The molecule has 2 aliphatic heterocycles. The molecule has 2 fully saturated rings. The van der Waals surface area contributed by atoms with Gasteiger partial charge in [0.15, 0.2) is 0 Å². The Labute approximate surface area is 104 Å². The molecule has 2 amide bonds. The Kier molecular flexibility index (Phi) is 3.89. The summed E-state index contributed by atoms with van der Waals surface area (Å²) in [6, 6.07) is 0.979. The molecule has 2 atom stereocenters. The van der Waals surface area contributed by atoms with E-state index in [1.165, 1.54) is 0 Å². The van der Waals surface area contributed by atoms with E-state index in [1.807, 2.05) is 4.90 Å². The number of likely N-dealkylation sites (tertiary alicyclic amines) is 2. The Morgan fingerprint density at radius 3 is 2.53 bits per heavy atom. The third-order valence-electron chi connectivity index (χ3n) is 3.90. The maximum Gasteiger partial charge on any atom is 0.317 e. The van der Waals surface area contributed by atoms with Crippen LogP contribution in [0.2, 0.25) is 0 Å². The molecule has 0 bridgehead atoms. The van der Waals surface area contributed by atoms with Crippen LogP contribution < -0.4 is 5.32 Å². The van der Waals surface area contributed by atoms with Crippen molar-refractivity contribution in [1.29, 1.82) is 0 Å². The summed E-state index contributed by atoms with van der Waals surface area (Å²) in [4.78, 5) is 18.5. The number of hydrogen-bond acceptors (Lipinski definition) is 3. The number of urea groups is 1. The van der Waals surface area contributed by atoms with Crippen molar-refractivity contribution in [2.75, 3.05) is 47.3 Å². The molecular formula is C12H24N4O. The maximum atomic E-state index is 12.1. The van der Waals surface area contributed by atoms with E-state index >= 15 is 0 Å². The van der Waals surface area contributed by atoms with E-state index in [1.54, 1.807) is 0 Å². The van der Waals surface area contributed by atoms with E-state index in [0.717, 1.165) is 39.0 Å². The average molecular weight is 240 g/mol. The average Bonchev–Trinajstić information content (AvgIpc) is 2.86. The van der Waals surface area contributed by atoms with Crippen LogP contribution in [-0.4, -0.2) is 80.1 Å². The molecule has 0 unspecified atom stereocenters. The van der Waals surface area contributed by atoms with Crippen molar-refractivity contribution in [2.24, 2.45) is 0 Å². The van der Waals surface area contributed by atoms with Gasteiger partial charge in [-0.05, 0) is 40.5 Å². The second kappa shape index (κ2) is 5.23. The molecule has 2 heterocycles. The summed E-state index contributed by atoms with van der Waals surface area (Å²) in [6.07, 6.45) is 2.16. The van der Waals surface area contributed by atoms with Crippen molar-refractivity contribution in [3.05, 3.63) is 0 Å². The molecule has 0 spiro atoms. The lowest BCUT2D eigenvalue weighted by Crippen LogP contribution is -2.45. The van der Waals surface area contributed by atoms with Gasteiger partial charge in [0, 0.05) is 31.7 Å². The van der Waals surface area contributed by atoms with Crippen molar-refractivity contribution in [3.63, 3.8) is 0 Å². The SMILES string of the molecule is CN1CC[C@@H](NC(=O)N2CC[C@@H](N(C)C)C2)C1. The minimum Gasteiger partial charge on any atom is -0.334 e. The number of hydrogen-bond donors (Lipinski definition) is 1. The number of nitrogens with zero attached hydrogens (tertiary/aromatic N) is 3. The first-order valence-corrected chi connectivity index (χ1v) is 6.46. The Hall–Kier alpha value is -0.810. The second-order valence-corrected chi connectivity index (χ2v) is 5.55. The van der Waals surface area contributed by atoms with Crippen LogP contribution in [0, 0.1) is 0 Å². The minimum absolute atomic E-state index is 0.120. The fourth-order valence-corrected chi connectivity index (χ4v) is 2.67.